The van der Waals surface area contributed by atoms with Crippen molar-refractivity contribution in [3.05, 3.63) is 88.0 Å². The summed E-state index contributed by atoms with van der Waals surface area (Å²) in [6.45, 7) is 1.54. The molecule has 3 heterocycles. The minimum Gasteiger partial charge on any atom is -0.507 e. The van der Waals surface area contributed by atoms with E-state index < -0.39 is 6.04 Å². The van der Waals surface area contributed by atoms with Gasteiger partial charge in [-0.25, -0.2) is 0 Å². The molecule has 4 aromatic carbocycles. The fourth-order valence-electron chi connectivity index (χ4n) is 7.44. The number of Topliss-reactive ketones (excluding diaryl/α,β-unsaturated/α-hetero) is 1. The van der Waals surface area contributed by atoms with Gasteiger partial charge in [0.15, 0.2) is 28.8 Å². The van der Waals surface area contributed by atoms with E-state index in [9.17, 15) is 9.90 Å². The summed E-state index contributed by atoms with van der Waals surface area (Å²) in [4.78, 5) is 19.1. The number of methoxy groups -OCH3 is 4. The average molecular weight is 637 g/mol. The van der Waals surface area contributed by atoms with Gasteiger partial charge in [0, 0.05) is 41.4 Å². The second kappa shape index (κ2) is 12.1. The standard InChI is InChI=1S/C38H40N2O7/c1-39-13-11-22-18-31(44-4)32-20-25(22)28(39)16-21-7-10-30(43-3)27(15-21)26-17-24(8-9-29(26)41)36(42)35-34-23(12-14-40(35)2)19-33(45-5)37(46-6)38(34)47-32/h7-10,15,17-20,28,35,41H,11-14,16H2,1-6H3. The van der Waals surface area contributed by atoms with E-state index in [4.69, 9.17) is 23.7 Å². The molecule has 1 N–H and O–H groups in total. The number of phenols is 1. The monoisotopic (exact) mass is 636 g/mol. The predicted molar refractivity (Wildman–Crippen MR) is 179 cm³/mol. The number of likely N-dealkylation sites (N-methyl/N-ethyl adjacent to an activating group) is 2. The number of nitrogens with zero attached hydrogens (tertiary/aromatic N) is 2. The summed E-state index contributed by atoms with van der Waals surface area (Å²) in [6.07, 6.45) is 2.26. The second-order valence-corrected chi connectivity index (χ2v) is 12.5. The van der Waals surface area contributed by atoms with Crippen LogP contribution in [0.1, 0.15) is 50.3 Å². The van der Waals surface area contributed by atoms with Crippen LogP contribution in [0.4, 0.5) is 0 Å². The molecule has 3 aliphatic heterocycles. The molecule has 2 atom stereocenters. The summed E-state index contributed by atoms with van der Waals surface area (Å²) in [5, 5.41) is 11.2. The third-order valence-corrected chi connectivity index (χ3v) is 9.97. The maximum absolute atomic E-state index is 14.7. The molecule has 2 unspecified atom stereocenters. The van der Waals surface area contributed by atoms with Crippen LogP contribution in [0.5, 0.6) is 40.2 Å². The van der Waals surface area contributed by atoms with Gasteiger partial charge in [0.05, 0.1) is 28.4 Å². The molecule has 7 rings (SSSR count). The van der Waals surface area contributed by atoms with Crippen molar-refractivity contribution >= 4 is 5.78 Å². The molecule has 0 saturated carbocycles. The number of hydrogen-bond acceptors (Lipinski definition) is 9. The van der Waals surface area contributed by atoms with Gasteiger partial charge in [-0.2, -0.15) is 0 Å². The molecule has 0 radical (unpaired) electrons. The highest BCUT2D eigenvalue weighted by atomic mass is 16.5. The normalized spacial score (nSPS) is 19.0. The molecule has 0 fully saturated rings. The summed E-state index contributed by atoms with van der Waals surface area (Å²) < 4.78 is 30.4. The van der Waals surface area contributed by atoms with E-state index in [1.54, 1.807) is 46.6 Å². The van der Waals surface area contributed by atoms with E-state index in [1.807, 2.05) is 24.1 Å². The molecule has 3 aliphatic rings. The number of phenolic OH excluding ortho intramolecular Hbond substituents is 1. The Balaban J connectivity index is 1.56. The first-order valence-corrected chi connectivity index (χ1v) is 15.9. The Hall–Kier alpha value is -4.73. The van der Waals surface area contributed by atoms with E-state index in [1.165, 1.54) is 5.56 Å². The van der Waals surface area contributed by atoms with Crippen molar-refractivity contribution in [2.45, 2.75) is 31.3 Å². The van der Waals surface area contributed by atoms with Crippen LogP contribution in [0.15, 0.2) is 54.6 Å². The molecule has 0 aromatic heterocycles. The van der Waals surface area contributed by atoms with Gasteiger partial charge in [0.2, 0.25) is 5.75 Å². The number of fused-ring (bicyclic) bond motifs is 6. The summed E-state index contributed by atoms with van der Waals surface area (Å²) in [6, 6.07) is 16.5. The van der Waals surface area contributed by atoms with Gasteiger partial charge in [0.1, 0.15) is 17.5 Å². The molecule has 6 bridgehead atoms. The van der Waals surface area contributed by atoms with Gasteiger partial charge in [-0.1, -0.05) is 6.07 Å². The SMILES string of the molecule is COc1cc2c3cc1Oc1c(OC)c(OC)cc4c1C(C(=O)c1ccc(O)c(c1)-c1cc(ccc1OC)CC3N(C)CC2)N(C)CC4. The molecule has 9 heteroatoms. The third kappa shape index (κ3) is 5.14. The van der Waals surface area contributed by atoms with Crippen molar-refractivity contribution in [1.82, 2.24) is 9.80 Å². The fraction of sp³-hybridized carbons (Fsp3) is 0.342. The number of ether oxygens (including phenoxy) is 5. The molecule has 47 heavy (non-hydrogen) atoms. The zero-order valence-electron chi connectivity index (χ0n) is 27.7. The topological polar surface area (TPSA) is 89.9 Å². The van der Waals surface area contributed by atoms with Crippen molar-refractivity contribution in [2.75, 3.05) is 55.6 Å². The number of ketones is 1. The Labute approximate surface area is 275 Å². The Morgan fingerprint density at radius 2 is 1.49 bits per heavy atom. The summed E-state index contributed by atoms with van der Waals surface area (Å²) in [5.41, 5.74) is 6.79. The smallest absolute Gasteiger partial charge is 0.204 e. The lowest BCUT2D eigenvalue weighted by molar-refractivity contribution is 0.0834. The highest BCUT2D eigenvalue weighted by Gasteiger charge is 2.38. The van der Waals surface area contributed by atoms with E-state index in [2.05, 4.69) is 36.2 Å². The van der Waals surface area contributed by atoms with E-state index in [0.29, 0.717) is 65.0 Å². The molecule has 0 spiro atoms. The Kier molecular flexibility index (Phi) is 7.98. The summed E-state index contributed by atoms with van der Waals surface area (Å²) in [5.74, 6) is 3.05. The van der Waals surface area contributed by atoms with Crippen LogP contribution in [0.25, 0.3) is 11.1 Å². The lowest BCUT2D eigenvalue weighted by atomic mass is 9.85. The molecule has 0 amide bonds. The Morgan fingerprint density at radius 3 is 2.23 bits per heavy atom. The van der Waals surface area contributed by atoms with Crippen LogP contribution in [-0.4, -0.2) is 76.3 Å². The maximum atomic E-state index is 14.7. The molecule has 9 nitrogen and oxygen atoms in total. The molecular weight excluding hydrogens is 596 g/mol. The second-order valence-electron chi connectivity index (χ2n) is 12.5. The van der Waals surface area contributed by atoms with Crippen LogP contribution in [-0.2, 0) is 19.3 Å². The number of rotatable bonds is 4. The number of aromatic hydroxyl groups is 1. The Bertz CT molecular complexity index is 1890. The van der Waals surface area contributed by atoms with Crippen LogP contribution < -0.4 is 23.7 Å². The Morgan fingerprint density at radius 1 is 0.766 bits per heavy atom. The first-order valence-electron chi connectivity index (χ1n) is 15.9. The van der Waals surface area contributed by atoms with Crippen LogP contribution in [0.2, 0.25) is 0 Å². The van der Waals surface area contributed by atoms with Gasteiger partial charge in [-0.05, 0) is 104 Å². The van der Waals surface area contributed by atoms with E-state index in [-0.39, 0.29) is 17.6 Å². The first-order chi connectivity index (χ1) is 22.8. The van der Waals surface area contributed by atoms with Gasteiger partial charge < -0.3 is 28.8 Å². The zero-order chi connectivity index (χ0) is 33.0. The van der Waals surface area contributed by atoms with Crippen LogP contribution in [0.3, 0.4) is 0 Å². The van der Waals surface area contributed by atoms with Gasteiger partial charge in [0.25, 0.3) is 0 Å². The van der Waals surface area contributed by atoms with Crippen molar-refractivity contribution in [2.24, 2.45) is 0 Å². The highest BCUT2D eigenvalue weighted by molar-refractivity contribution is 6.03. The zero-order valence-corrected chi connectivity index (χ0v) is 27.7. The van der Waals surface area contributed by atoms with Crippen molar-refractivity contribution in [3.63, 3.8) is 0 Å². The van der Waals surface area contributed by atoms with Gasteiger partial charge in [-0.15, -0.1) is 0 Å². The minimum absolute atomic E-state index is 0.0441. The van der Waals surface area contributed by atoms with Crippen LogP contribution in [0, 0.1) is 0 Å². The average Bonchev–Trinajstić information content (AvgIpc) is 3.08. The highest BCUT2D eigenvalue weighted by Crippen LogP contribution is 2.52. The number of hydrogen-bond donors (Lipinski definition) is 1. The quantitative estimate of drug-likeness (QED) is 0.274. The fourth-order valence-corrected chi connectivity index (χ4v) is 7.44. The van der Waals surface area contributed by atoms with Crippen molar-refractivity contribution in [1.29, 1.82) is 0 Å². The molecule has 0 saturated heterocycles. The number of carbonyl (C=O) groups excluding carboxylic acids is 1. The van der Waals surface area contributed by atoms with Gasteiger partial charge in [-0.3, -0.25) is 14.6 Å². The molecular formula is C38H40N2O7. The van der Waals surface area contributed by atoms with Crippen molar-refractivity contribution < 1.29 is 33.6 Å². The molecule has 0 aliphatic carbocycles. The minimum atomic E-state index is -0.699. The molecule has 4 aromatic rings. The maximum Gasteiger partial charge on any atom is 0.204 e. The van der Waals surface area contributed by atoms with Crippen molar-refractivity contribution in [3.8, 4) is 51.4 Å². The predicted octanol–water partition coefficient (Wildman–Crippen LogP) is 6.38. The largest absolute Gasteiger partial charge is 0.507 e. The van der Waals surface area contributed by atoms with Crippen LogP contribution >= 0.6 is 0 Å². The summed E-state index contributed by atoms with van der Waals surface area (Å²) >= 11 is 0. The van der Waals surface area contributed by atoms with Gasteiger partial charge >= 0.3 is 0 Å². The first kappa shape index (κ1) is 30.9. The summed E-state index contributed by atoms with van der Waals surface area (Å²) in [7, 11) is 10.5. The third-order valence-electron chi connectivity index (χ3n) is 9.97. The number of carbonyl (C=O) groups is 1. The van der Waals surface area contributed by atoms with E-state index in [0.717, 1.165) is 40.8 Å². The van der Waals surface area contributed by atoms with E-state index >= 15 is 0 Å². The number of benzene rings is 4. The molecule has 244 valence electrons. The lowest BCUT2D eigenvalue weighted by Gasteiger charge is -2.37. The lowest BCUT2D eigenvalue weighted by Crippen LogP contribution is -2.37.